The van der Waals surface area contributed by atoms with Crippen LogP contribution in [0.3, 0.4) is 0 Å². The van der Waals surface area contributed by atoms with Gasteiger partial charge in [0.1, 0.15) is 11.9 Å². The van der Waals surface area contributed by atoms with Gasteiger partial charge in [-0.25, -0.2) is 4.39 Å². The molecule has 0 fully saturated rings. The summed E-state index contributed by atoms with van der Waals surface area (Å²) in [6, 6.07) is 0.123. The number of amidine groups is 1. The molecule has 0 bridgehead atoms. The molecule has 110 valence electrons. The van der Waals surface area contributed by atoms with E-state index in [9.17, 15) is 4.39 Å². The van der Waals surface area contributed by atoms with Gasteiger partial charge in [0.25, 0.3) is 0 Å². The number of hydrogen-bond acceptors (Lipinski definition) is 5. The molecule has 2 unspecified atom stereocenters. The molecular formula is C13H25FN4O. The molecule has 0 radical (unpaired) electrons. The Balaban J connectivity index is 2.88. The summed E-state index contributed by atoms with van der Waals surface area (Å²) < 4.78 is 13.9. The van der Waals surface area contributed by atoms with Gasteiger partial charge < -0.3 is 5.32 Å². The Morgan fingerprint density at radius 3 is 2.95 bits per heavy atom. The van der Waals surface area contributed by atoms with E-state index in [1.165, 1.54) is 5.06 Å². The molecular weight excluding hydrogens is 247 g/mol. The van der Waals surface area contributed by atoms with E-state index in [1.54, 1.807) is 14.2 Å². The summed E-state index contributed by atoms with van der Waals surface area (Å²) in [5.74, 6) is 0.551. The number of likely N-dealkylation sites (N-methyl/N-ethyl adjacent to an activating group) is 1. The highest BCUT2D eigenvalue weighted by molar-refractivity contribution is 5.96. The number of halogens is 1. The molecule has 0 aromatic rings. The molecule has 1 N–H and O–H groups in total. The third-order valence-electron chi connectivity index (χ3n) is 3.35. The fraction of sp³-hybridized carbons (Fsp3) is 0.769. The van der Waals surface area contributed by atoms with Crippen LogP contribution >= 0.6 is 0 Å². The third-order valence-corrected chi connectivity index (χ3v) is 3.35. The average Bonchev–Trinajstić information content (AvgIpc) is 2.39. The molecule has 2 atom stereocenters. The van der Waals surface area contributed by atoms with Crippen molar-refractivity contribution in [1.82, 2.24) is 15.4 Å². The summed E-state index contributed by atoms with van der Waals surface area (Å²) in [5, 5.41) is 10.8. The van der Waals surface area contributed by atoms with Crippen molar-refractivity contribution in [3.05, 3.63) is 12.3 Å². The number of hydrogen-bond donors (Lipinski definition) is 1. The van der Waals surface area contributed by atoms with Gasteiger partial charge in [-0.15, -0.1) is 0 Å². The molecule has 0 saturated carbocycles. The lowest BCUT2D eigenvalue weighted by molar-refractivity contribution is -0.0714. The summed E-state index contributed by atoms with van der Waals surface area (Å²) in [7, 11) is 5.16. The minimum Gasteiger partial charge on any atom is -0.364 e. The van der Waals surface area contributed by atoms with Gasteiger partial charge in [-0.2, -0.15) is 5.10 Å². The normalized spacial score (nSPS) is 26.8. The zero-order valence-corrected chi connectivity index (χ0v) is 12.3. The predicted octanol–water partition coefficient (Wildman–Crippen LogP) is 1.74. The number of nitrogens with one attached hydrogen (secondary N) is 1. The first-order valence-electron chi connectivity index (χ1n) is 6.66. The second-order valence-electron chi connectivity index (χ2n) is 4.81. The van der Waals surface area contributed by atoms with E-state index in [2.05, 4.69) is 23.9 Å². The van der Waals surface area contributed by atoms with Crippen LogP contribution in [0.2, 0.25) is 0 Å². The van der Waals surface area contributed by atoms with E-state index < -0.39 is 6.17 Å². The fourth-order valence-corrected chi connectivity index (χ4v) is 2.07. The van der Waals surface area contributed by atoms with Crippen LogP contribution in [0, 0.1) is 0 Å². The standard InChI is InChI=1S/C13H25FN4O/c1-6-7-12-8-11(14)9-15-13(16-17(12)3)10(2)18(4)19-5/h11-12H,2,6-9H2,1,3-5H3,(H,15,16). The van der Waals surface area contributed by atoms with Gasteiger partial charge in [0.05, 0.1) is 7.11 Å². The Morgan fingerprint density at radius 2 is 2.37 bits per heavy atom. The molecule has 1 rings (SSSR count). The molecule has 5 nitrogen and oxygen atoms in total. The summed E-state index contributed by atoms with van der Waals surface area (Å²) in [4.78, 5) is 5.07. The van der Waals surface area contributed by atoms with E-state index in [0.717, 1.165) is 12.8 Å². The van der Waals surface area contributed by atoms with Gasteiger partial charge in [0.2, 0.25) is 0 Å². The largest absolute Gasteiger partial charge is 0.364 e. The fourth-order valence-electron chi connectivity index (χ4n) is 2.07. The Hall–Kier alpha value is -1.30. The molecule has 0 aliphatic carbocycles. The molecule has 0 saturated heterocycles. The molecule has 1 aliphatic rings. The Labute approximate surface area is 115 Å². The zero-order valence-electron chi connectivity index (χ0n) is 12.3. The van der Waals surface area contributed by atoms with Gasteiger partial charge in [-0.05, 0) is 6.42 Å². The Bertz CT molecular complexity index is 335. The van der Waals surface area contributed by atoms with Gasteiger partial charge >= 0.3 is 0 Å². The smallest absolute Gasteiger partial charge is 0.171 e. The summed E-state index contributed by atoms with van der Waals surface area (Å²) in [5.41, 5.74) is 0.582. The van der Waals surface area contributed by atoms with Crippen molar-refractivity contribution in [2.24, 2.45) is 5.10 Å². The third kappa shape index (κ3) is 4.38. The van der Waals surface area contributed by atoms with E-state index >= 15 is 0 Å². The van der Waals surface area contributed by atoms with Crippen molar-refractivity contribution in [2.45, 2.75) is 38.4 Å². The van der Waals surface area contributed by atoms with Gasteiger partial charge in [-0.1, -0.05) is 19.9 Å². The highest BCUT2D eigenvalue weighted by Gasteiger charge is 2.23. The molecule has 1 heterocycles. The Kier molecular flexibility index (Phi) is 6.08. The van der Waals surface area contributed by atoms with Crippen LogP contribution in [0.4, 0.5) is 4.39 Å². The summed E-state index contributed by atoms with van der Waals surface area (Å²) >= 11 is 0. The van der Waals surface area contributed by atoms with Crippen LogP contribution in [0.15, 0.2) is 17.4 Å². The van der Waals surface area contributed by atoms with Crippen molar-refractivity contribution in [3.63, 3.8) is 0 Å². The predicted molar refractivity (Wildman–Crippen MR) is 75.3 cm³/mol. The van der Waals surface area contributed by atoms with Gasteiger partial charge in [0.15, 0.2) is 5.84 Å². The SMILES string of the molecule is C=C(/C1=N/N(C)C(CCC)CC(F)CN1)N(C)OC. The topological polar surface area (TPSA) is 40.1 Å². The van der Waals surface area contributed by atoms with Crippen molar-refractivity contribution >= 4 is 5.84 Å². The minimum absolute atomic E-state index is 0.123. The van der Waals surface area contributed by atoms with E-state index in [1.807, 2.05) is 12.1 Å². The quantitative estimate of drug-likeness (QED) is 0.774. The minimum atomic E-state index is -0.884. The van der Waals surface area contributed by atoms with Crippen LogP contribution < -0.4 is 5.32 Å². The molecule has 0 aromatic heterocycles. The number of rotatable bonds is 5. The lowest BCUT2D eigenvalue weighted by Gasteiger charge is -2.31. The first-order chi connectivity index (χ1) is 8.99. The molecule has 0 spiro atoms. The maximum Gasteiger partial charge on any atom is 0.171 e. The lowest BCUT2D eigenvalue weighted by Crippen LogP contribution is -2.43. The van der Waals surface area contributed by atoms with Gasteiger partial charge in [0, 0.05) is 33.1 Å². The number of alkyl halides is 1. The molecule has 19 heavy (non-hydrogen) atoms. The van der Waals surface area contributed by atoms with Crippen LogP contribution in [-0.2, 0) is 4.84 Å². The van der Waals surface area contributed by atoms with Crippen molar-refractivity contribution < 1.29 is 9.23 Å². The van der Waals surface area contributed by atoms with Crippen molar-refractivity contribution in [3.8, 4) is 0 Å². The van der Waals surface area contributed by atoms with Gasteiger partial charge in [-0.3, -0.25) is 14.9 Å². The first kappa shape index (κ1) is 15.8. The average molecular weight is 272 g/mol. The number of hydroxylamine groups is 2. The molecule has 0 aromatic carbocycles. The highest BCUT2D eigenvalue weighted by atomic mass is 19.1. The zero-order chi connectivity index (χ0) is 14.4. The first-order valence-corrected chi connectivity index (χ1v) is 6.66. The van der Waals surface area contributed by atoms with Crippen LogP contribution in [0.1, 0.15) is 26.2 Å². The van der Waals surface area contributed by atoms with E-state index in [4.69, 9.17) is 4.84 Å². The van der Waals surface area contributed by atoms with Crippen LogP contribution in [0.5, 0.6) is 0 Å². The monoisotopic (exact) mass is 272 g/mol. The van der Waals surface area contributed by atoms with Crippen LogP contribution in [0.25, 0.3) is 0 Å². The highest BCUT2D eigenvalue weighted by Crippen LogP contribution is 2.17. The molecule has 1 aliphatic heterocycles. The summed E-state index contributed by atoms with van der Waals surface area (Å²) in [6.07, 6.45) is 1.56. The molecule has 6 heteroatoms. The second kappa shape index (κ2) is 7.33. The van der Waals surface area contributed by atoms with E-state index in [-0.39, 0.29) is 12.6 Å². The number of nitrogens with zero attached hydrogens (tertiary/aromatic N) is 3. The van der Waals surface area contributed by atoms with E-state index in [0.29, 0.717) is 18.0 Å². The number of hydrazone groups is 1. The Morgan fingerprint density at radius 1 is 1.68 bits per heavy atom. The van der Waals surface area contributed by atoms with Crippen molar-refractivity contribution in [2.75, 3.05) is 27.7 Å². The maximum absolute atomic E-state index is 13.9. The second-order valence-corrected chi connectivity index (χ2v) is 4.81. The van der Waals surface area contributed by atoms with Crippen LogP contribution in [-0.4, -0.2) is 55.9 Å². The maximum atomic E-state index is 13.9. The lowest BCUT2D eigenvalue weighted by atomic mass is 10.0. The molecule has 0 amide bonds. The summed E-state index contributed by atoms with van der Waals surface area (Å²) in [6.45, 7) is 6.26. The van der Waals surface area contributed by atoms with Crippen molar-refractivity contribution in [1.29, 1.82) is 0 Å².